The number of anilines is 1. The Morgan fingerprint density at radius 2 is 2.05 bits per heavy atom. The topological polar surface area (TPSA) is 151 Å². The number of benzene rings is 1. The molecule has 0 radical (unpaired) electrons. The van der Waals surface area contributed by atoms with Gasteiger partial charge in [0, 0.05) is 5.56 Å². The number of imide groups is 1. The van der Waals surface area contributed by atoms with E-state index in [9.17, 15) is 28.9 Å². The second kappa shape index (κ2) is 11.4. The molecule has 1 saturated carbocycles. The highest BCUT2D eigenvalue weighted by atomic mass is 35.5. The van der Waals surface area contributed by atoms with Gasteiger partial charge in [0.05, 0.1) is 21.2 Å². The maximum Gasteiger partial charge on any atom is 0.514 e. The lowest BCUT2D eigenvalue weighted by atomic mass is 9.73. The maximum absolute atomic E-state index is 14.4. The minimum Gasteiger partial charge on any atom is -0.431 e. The molecule has 4 rings (SSSR count). The van der Waals surface area contributed by atoms with Crippen LogP contribution in [-0.4, -0.2) is 35.9 Å². The van der Waals surface area contributed by atoms with Gasteiger partial charge in [-0.3, -0.25) is 4.79 Å². The van der Waals surface area contributed by atoms with E-state index in [0.717, 1.165) is 23.5 Å². The van der Waals surface area contributed by atoms with Gasteiger partial charge in [-0.25, -0.2) is 18.9 Å². The first-order valence-electron chi connectivity index (χ1n) is 12.3. The predicted molar refractivity (Wildman–Crippen MR) is 144 cm³/mol. The van der Waals surface area contributed by atoms with Gasteiger partial charge in [0.2, 0.25) is 0 Å². The van der Waals surface area contributed by atoms with Crippen molar-refractivity contribution in [3.63, 3.8) is 0 Å². The van der Waals surface area contributed by atoms with Crippen molar-refractivity contribution < 1.29 is 38.2 Å². The molecule has 1 aromatic carbocycles. The van der Waals surface area contributed by atoms with Crippen LogP contribution in [-0.2, 0) is 19.1 Å². The zero-order valence-corrected chi connectivity index (χ0v) is 23.4. The summed E-state index contributed by atoms with van der Waals surface area (Å²) in [5, 5.41) is 11.3. The number of carbonyl (C=O) groups is 3. The fraction of sp³-hybridized carbons (Fsp3) is 0.423. The fourth-order valence-corrected chi connectivity index (χ4v) is 6.12. The number of rotatable bonds is 7. The molecule has 0 bridgehead atoms. The molecular formula is C26H27ClFN3O8S. The number of thiophene rings is 1. The van der Waals surface area contributed by atoms with E-state index in [2.05, 4.69) is 4.84 Å². The third kappa shape index (κ3) is 6.04. The van der Waals surface area contributed by atoms with Crippen LogP contribution in [0.5, 0.6) is 0 Å². The van der Waals surface area contributed by atoms with Crippen molar-refractivity contribution in [2.24, 2.45) is 23.0 Å². The smallest absolute Gasteiger partial charge is 0.431 e. The number of urea groups is 1. The average Bonchev–Trinajstić information content (AvgIpc) is 3.57. The van der Waals surface area contributed by atoms with Crippen molar-refractivity contribution in [1.82, 2.24) is 0 Å². The van der Waals surface area contributed by atoms with E-state index in [1.54, 1.807) is 17.5 Å². The van der Waals surface area contributed by atoms with Crippen LogP contribution in [0.4, 0.5) is 19.7 Å². The van der Waals surface area contributed by atoms with E-state index in [0.29, 0.717) is 29.0 Å². The van der Waals surface area contributed by atoms with Crippen molar-refractivity contribution in [3.8, 4) is 0 Å². The highest BCUT2D eigenvalue weighted by molar-refractivity contribution is 7.11. The second-order valence-corrected chi connectivity index (χ2v) is 12.0. The van der Waals surface area contributed by atoms with Gasteiger partial charge in [0.25, 0.3) is 11.0 Å². The second-order valence-electron chi connectivity index (χ2n) is 10.6. The normalized spacial score (nSPS) is 20.6. The first-order chi connectivity index (χ1) is 18.8. The number of primary amides is 1. The monoisotopic (exact) mass is 595 g/mol. The molecule has 40 heavy (non-hydrogen) atoms. The van der Waals surface area contributed by atoms with Gasteiger partial charge in [-0.15, -0.1) is 21.5 Å². The first kappa shape index (κ1) is 29.3. The van der Waals surface area contributed by atoms with Gasteiger partial charge in [-0.1, -0.05) is 38.4 Å². The van der Waals surface area contributed by atoms with E-state index in [1.807, 2.05) is 20.8 Å². The maximum atomic E-state index is 14.4. The summed E-state index contributed by atoms with van der Waals surface area (Å²) in [4.78, 5) is 54.9. The number of fused-ring (bicyclic) bond motifs is 1. The van der Waals surface area contributed by atoms with Crippen LogP contribution < -0.4 is 10.6 Å². The van der Waals surface area contributed by atoms with E-state index < -0.39 is 35.1 Å². The molecule has 0 spiro atoms. The molecule has 1 aliphatic carbocycles. The average molecular weight is 596 g/mol. The molecule has 0 saturated heterocycles. The third-order valence-electron chi connectivity index (χ3n) is 7.07. The van der Waals surface area contributed by atoms with Crippen LogP contribution in [0.3, 0.4) is 0 Å². The number of carbonyl (C=O) groups excluding carboxylic acids is 3. The van der Waals surface area contributed by atoms with E-state index >= 15 is 0 Å². The molecule has 1 fully saturated rings. The summed E-state index contributed by atoms with van der Waals surface area (Å²) in [7, 11) is 0. The number of ether oxygens (including phenoxy) is 2. The zero-order valence-electron chi connectivity index (χ0n) is 21.8. The molecule has 2 N–H and O–H groups in total. The Morgan fingerprint density at radius 3 is 2.65 bits per heavy atom. The van der Waals surface area contributed by atoms with Gasteiger partial charge < -0.3 is 20.0 Å². The highest BCUT2D eigenvalue weighted by Gasteiger charge is 2.42. The number of hydrogen-bond acceptors (Lipinski definition) is 9. The zero-order chi connectivity index (χ0) is 29.4. The van der Waals surface area contributed by atoms with Crippen LogP contribution in [0.15, 0.2) is 29.6 Å². The minimum atomic E-state index is -1.12. The number of nitrogens with two attached hydrogens (primary N) is 1. The fourth-order valence-electron chi connectivity index (χ4n) is 5.25. The summed E-state index contributed by atoms with van der Waals surface area (Å²) in [5.74, 6) is -2.16. The van der Waals surface area contributed by atoms with Crippen LogP contribution in [0.2, 0.25) is 5.02 Å². The lowest BCUT2D eigenvalue weighted by Gasteiger charge is -2.34. The number of amides is 3. The molecule has 2 aliphatic rings. The van der Waals surface area contributed by atoms with Gasteiger partial charge in [0.15, 0.2) is 5.76 Å². The molecule has 2 aromatic rings. The SMILES string of the molecule is CC(C)(C)C(CO[N+](=O)[O-])C1CCC(OC(=O)O/C(=C2\C(=O)N(C(N)=O)c3cc(Cl)c(F)cc32)c2cccs2)C1. The van der Waals surface area contributed by atoms with Crippen molar-refractivity contribution in [2.45, 2.75) is 46.1 Å². The van der Waals surface area contributed by atoms with Gasteiger partial charge >= 0.3 is 12.2 Å². The lowest BCUT2D eigenvalue weighted by Crippen LogP contribution is -2.38. The van der Waals surface area contributed by atoms with E-state index in [-0.39, 0.29) is 51.5 Å². The predicted octanol–water partition coefficient (Wildman–Crippen LogP) is 6.03. The third-order valence-corrected chi connectivity index (χ3v) is 8.23. The Kier molecular flexibility index (Phi) is 8.36. The van der Waals surface area contributed by atoms with Crippen LogP contribution in [0, 0.1) is 33.2 Å². The van der Waals surface area contributed by atoms with Crippen LogP contribution >= 0.6 is 22.9 Å². The van der Waals surface area contributed by atoms with Gasteiger partial charge in [0.1, 0.15) is 18.5 Å². The Morgan fingerprint density at radius 1 is 1.32 bits per heavy atom. The first-order valence-corrected chi connectivity index (χ1v) is 13.6. The summed E-state index contributed by atoms with van der Waals surface area (Å²) in [6, 6.07) is 4.19. The molecule has 2 heterocycles. The molecule has 3 unspecified atom stereocenters. The van der Waals surface area contributed by atoms with Crippen LogP contribution in [0.25, 0.3) is 11.3 Å². The van der Waals surface area contributed by atoms with Crippen molar-refractivity contribution in [3.05, 3.63) is 61.0 Å². The number of halogens is 2. The van der Waals surface area contributed by atoms with Gasteiger partial charge in [-0.05, 0) is 60.1 Å². The molecular weight excluding hydrogens is 569 g/mol. The number of hydrogen-bond donors (Lipinski definition) is 1. The summed E-state index contributed by atoms with van der Waals surface area (Å²) in [6.07, 6.45) is -0.0610. The molecule has 1 aromatic heterocycles. The highest BCUT2D eigenvalue weighted by Crippen LogP contribution is 2.45. The largest absolute Gasteiger partial charge is 0.514 e. The Bertz CT molecular complexity index is 1370. The molecule has 3 amide bonds. The Hall–Kier alpha value is -3.71. The van der Waals surface area contributed by atoms with Gasteiger partial charge in [-0.2, -0.15) is 0 Å². The molecule has 14 heteroatoms. The number of nitrogens with zero attached hydrogens (tertiary/aromatic N) is 2. The lowest BCUT2D eigenvalue weighted by molar-refractivity contribution is -0.760. The molecule has 11 nitrogen and oxygen atoms in total. The molecule has 1 aliphatic heterocycles. The van der Waals surface area contributed by atoms with Crippen LogP contribution in [0.1, 0.15) is 50.5 Å². The minimum absolute atomic E-state index is 0.00648. The summed E-state index contributed by atoms with van der Waals surface area (Å²) in [6.45, 7) is 5.81. The van der Waals surface area contributed by atoms with Crippen molar-refractivity contribution in [1.29, 1.82) is 0 Å². The van der Waals surface area contributed by atoms with Crippen molar-refractivity contribution in [2.75, 3.05) is 11.5 Å². The van der Waals surface area contributed by atoms with Crippen molar-refractivity contribution >= 4 is 58.1 Å². The summed E-state index contributed by atoms with van der Waals surface area (Å²) < 4.78 is 25.6. The molecule has 214 valence electrons. The molecule has 3 atom stereocenters. The summed E-state index contributed by atoms with van der Waals surface area (Å²) in [5.41, 5.74) is 4.80. The van der Waals surface area contributed by atoms with E-state index in [4.69, 9.17) is 26.8 Å². The summed E-state index contributed by atoms with van der Waals surface area (Å²) >= 11 is 7.03. The standard InChI is InChI=1S/C26H27ClFN3O8S/c1-26(2,3)16(12-37-31(35)36)13-6-7-14(9-13)38-25(34)39-22(20-5-4-8-40-20)21-15-10-18(28)17(27)11-19(15)30(23(21)32)24(29)33/h4-5,8,10-11,13-14,16H,6-7,9,12H2,1-3H3,(H2,29,33)/b22-21-. The van der Waals surface area contributed by atoms with E-state index in [1.165, 1.54) is 0 Å². The Balaban J connectivity index is 1.60. The Labute approximate surface area is 237 Å². The quantitative estimate of drug-likeness (QED) is 0.134.